The normalized spacial score (nSPS) is 11.8. The van der Waals surface area contributed by atoms with E-state index in [9.17, 15) is 9.90 Å². The number of aryl methyl sites for hydroxylation is 1. The molecule has 0 radical (unpaired) electrons. The van der Waals surface area contributed by atoms with E-state index in [0.29, 0.717) is 24.6 Å². The Bertz CT molecular complexity index is 1430. The number of aliphatic hydroxyl groups is 1. The summed E-state index contributed by atoms with van der Waals surface area (Å²) in [5, 5.41) is 41.9. The summed E-state index contributed by atoms with van der Waals surface area (Å²) in [6.45, 7) is 5.47. The lowest BCUT2D eigenvalue weighted by Gasteiger charge is -2.18. The van der Waals surface area contributed by atoms with Gasteiger partial charge in [0.1, 0.15) is 23.7 Å². The number of aromatic nitrogens is 6. The van der Waals surface area contributed by atoms with Crippen molar-refractivity contribution in [3.8, 4) is 22.5 Å². The molecule has 0 saturated carbocycles. The minimum absolute atomic E-state index is 0.0538. The van der Waals surface area contributed by atoms with Gasteiger partial charge in [-0.1, -0.05) is 55.5 Å². The minimum Gasteiger partial charge on any atom is -0.459 e. The fourth-order valence-corrected chi connectivity index (χ4v) is 4.44. The summed E-state index contributed by atoms with van der Waals surface area (Å²) in [6.07, 6.45) is 1.39. The van der Waals surface area contributed by atoms with Crippen LogP contribution in [0.5, 0.6) is 0 Å². The number of rotatable bonds is 15. The van der Waals surface area contributed by atoms with Gasteiger partial charge in [0.05, 0.1) is 25.2 Å². The number of nitrogens with one attached hydrogen (secondary N) is 1. The molecule has 14 nitrogen and oxygen atoms in total. The maximum absolute atomic E-state index is 13.3. The van der Waals surface area contributed by atoms with Crippen molar-refractivity contribution in [1.82, 2.24) is 35.6 Å². The molecule has 0 aliphatic carbocycles. The molecule has 0 atom stereocenters. The summed E-state index contributed by atoms with van der Waals surface area (Å²) in [5.41, 5.74) is 2.71. The fourth-order valence-electron chi connectivity index (χ4n) is 4.44. The van der Waals surface area contributed by atoms with Gasteiger partial charge in [0.2, 0.25) is 5.82 Å². The fraction of sp³-hybridized carbons (Fsp3) is 0.393. The minimum atomic E-state index is -1.39. The topological polar surface area (TPSA) is 181 Å². The summed E-state index contributed by atoms with van der Waals surface area (Å²) < 4.78 is 12.6. The van der Waals surface area contributed by atoms with E-state index < -0.39 is 17.0 Å². The number of hydrogen-bond acceptors (Lipinski definition) is 12. The number of esters is 1. The monoisotopic (exact) mass is 581 g/mol. The molecular formula is C28H35N7O7. The molecule has 0 aliphatic rings. The summed E-state index contributed by atoms with van der Waals surface area (Å²) in [7, 11) is 0. The van der Waals surface area contributed by atoms with Crippen molar-refractivity contribution in [3.05, 3.63) is 71.3 Å². The summed E-state index contributed by atoms with van der Waals surface area (Å²) in [6, 6.07) is 15.7. The van der Waals surface area contributed by atoms with Crippen LogP contribution >= 0.6 is 0 Å². The highest BCUT2D eigenvalue weighted by Gasteiger charge is 2.32. The number of carbonyl (C=O) groups is 1. The maximum atomic E-state index is 13.3. The second-order valence-electron chi connectivity index (χ2n) is 9.93. The first-order valence-corrected chi connectivity index (χ1v) is 13.5. The van der Waals surface area contributed by atoms with E-state index in [1.54, 1.807) is 18.4 Å². The zero-order chi connectivity index (χ0) is 30.1. The number of benzene rings is 2. The zero-order valence-corrected chi connectivity index (χ0v) is 23.7. The predicted octanol–water partition coefficient (Wildman–Crippen LogP) is 3.14. The van der Waals surface area contributed by atoms with E-state index in [4.69, 9.17) is 19.9 Å². The number of carbonyl (C=O) groups excluding carboxylic acids is 1. The van der Waals surface area contributed by atoms with Gasteiger partial charge in [-0.15, -0.1) is 10.2 Å². The molecule has 4 N–H and O–H groups in total. The van der Waals surface area contributed by atoms with Gasteiger partial charge in [0.15, 0.2) is 5.69 Å². The summed E-state index contributed by atoms with van der Waals surface area (Å²) in [4.78, 5) is 22.4. The van der Waals surface area contributed by atoms with Crippen LogP contribution in [0.15, 0.2) is 48.5 Å². The summed E-state index contributed by atoms with van der Waals surface area (Å²) >= 11 is 0. The lowest BCUT2D eigenvalue weighted by molar-refractivity contribution is -0.493. The molecule has 4 aromatic rings. The van der Waals surface area contributed by atoms with Crippen molar-refractivity contribution in [2.45, 2.75) is 45.8 Å². The predicted molar refractivity (Wildman–Crippen MR) is 148 cm³/mol. The number of hydrogen-bond donors (Lipinski definition) is 4. The highest BCUT2D eigenvalue weighted by atomic mass is 17.1. The first-order chi connectivity index (χ1) is 20.2. The Morgan fingerprint density at radius 3 is 2.38 bits per heavy atom. The van der Waals surface area contributed by atoms with E-state index in [1.165, 1.54) is 0 Å². The molecule has 42 heavy (non-hydrogen) atoms. The first kappa shape index (κ1) is 30.9. The Labute approximate surface area is 242 Å². The van der Waals surface area contributed by atoms with Crippen molar-refractivity contribution >= 4 is 5.97 Å². The molecule has 2 aromatic carbocycles. The average Bonchev–Trinajstić information content (AvgIpc) is 3.62. The van der Waals surface area contributed by atoms with Crippen LogP contribution in [0.4, 0.5) is 0 Å². The lowest BCUT2D eigenvalue weighted by Crippen LogP contribution is -2.24. The number of H-pyrrole nitrogens is 1. The molecule has 0 saturated heterocycles. The molecule has 0 bridgehead atoms. The molecule has 4 rings (SSSR count). The van der Waals surface area contributed by atoms with E-state index in [2.05, 4.69) is 30.4 Å². The van der Waals surface area contributed by atoms with Gasteiger partial charge in [-0.05, 0) is 42.2 Å². The van der Waals surface area contributed by atoms with Crippen LogP contribution < -0.4 is 0 Å². The molecule has 2 aromatic heterocycles. The molecule has 0 aliphatic heterocycles. The number of ether oxygens (including phenoxy) is 2. The highest BCUT2D eigenvalue weighted by molar-refractivity contribution is 5.89. The molecule has 224 valence electrons. The number of imidazole rings is 1. The SMILES string of the molecule is CCCc1nc(C(C)(C)O)c(C(=O)OCCOCCON(O)O)n1Cc1ccc(-c2ccccc2-c2nn[nH]n2)cc1. The van der Waals surface area contributed by atoms with Crippen LogP contribution in [0.25, 0.3) is 22.5 Å². The van der Waals surface area contributed by atoms with E-state index >= 15 is 0 Å². The Morgan fingerprint density at radius 2 is 1.74 bits per heavy atom. The Morgan fingerprint density at radius 1 is 1.02 bits per heavy atom. The molecule has 0 spiro atoms. The van der Waals surface area contributed by atoms with Gasteiger partial charge in [-0.2, -0.15) is 5.21 Å². The number of tetrazole rings is 1. The van der Waals surface area contributed by atoms with Crippen LogP contribution in [0, 0.1) is 0 Å². The highest BCUT2D eigenvalue weighted by Crippen LogP contribution is 2.31. The number of aromatic amines is 1. The Hall–Kier alpha value is -4.05. The van der Waals surface area contributed by atoms with Gasteiger partial charge in [-0.25, -0.2) is 14.6 Å². The van der Waals surface area contributed by atoms with Crippen LogP contribution in [0.3, 0.4) is 0 Å². The summed E-state index contributed by atoms with van der Waals surface area (Å²) in [5.74, 6) is 0.531. The standard InChI is InChI=1S/C28H35N7O7/c1-4-7-23-29-25(28(2,3)37)24(27(36)41-16-14-40-15-17-42-35(38)39)34(23)18-19-10-12-20(13-11-19)21-8-5-6-9-22(21)26-30-32-33-31-26/h5-6,8-13,37-39H,4,7,14-18H2,1-3H3,(H,30,31,32,33). The van der Waals surface area contributed by atoms with Gasteiger partial charge in [-0.3, -0.25) is 10.4 Å². The van der Waals surface area contributed by atoms with Gasteiger partial charge in [0.25, 0.3) is 0 Å². The average molecular weight is 582 g/mol. The second-order valence-corrected chi connectivity index (χ2v) is 9.93. The lowest BCUT2D eigenvalue weighted by atomic mass is 9.98. The Kier molecular flexibility index (Phi) is 10.5. The van der Waals surface area contributed by atoms with E-state index in [0.717, 1.165) is 28.7 Å². The van der Waals surface area contributed by atoms with Crippen molar-refractivity contribution in [1.29, 1.82) is 0 Å². The smallest absolute Gasteiger partial charge is 0.357 e. The number of nitrogens with zero attached hydrogens (tertiary/aromatic N) is 6. The zero-order valence-electron chi connectivity index (χ0n) is 23.7. The van der Waals surface area contributed by atoms with Crippen LogP contribution in [0.1, 0.15) is 54.8 Å². The maximum Gasteiger partial charge on any atom is 0.357 e. The molecule has 0 fully saturated rings. The van der Waals surface area contributed by atoms with Crippen molar-refractivity contribution in [3.63, 3.8) is 0 Å². The van der Waals surface area contributed by atoms with Gasteiger partial charge in [0, 0.05) is 18.5 Å². The molecule has 14 heteroatoms. The second kappa shape index (κ2) is 14.2. The third-order valence-corrected chi connectivity index (χ3v) is 6.31. The van der Waals surface area contributed by atoms with Crippen LogP contribution in [-0.4, -0.2) is 83.5 Å². The van der Waals surface area contributed by atoms with Gasteiger partial charge < -0.3 is 19.1 Å². The largest absolute Gasteiger partial charge is 0.459 e. The van der Waals surface area contributed by atoms with Crippen molar-refractivity contribution in [2.24, 2.45) is 0 Å². The molecular weight excluding hydrogens is 546 g/mol. The molecule has 0 amide bonds. The van der Waals surface area contributed by atoms with Crippen molar-refractivity contribution in [2.75, 3.05) is 26.4 Å². The van der Waals surface area contributed by atoms with Crippen molar-refractivity contribution < 1.29 is 34.6 Å². The third kappa shape index (κ3) is 7.82. The molecule has 0 unspecified atom stereocenters. The quantitative estimate of drug-likeness (QED) is 0.0916. The van der Waals surface area contributed by atoms with Crippen LogP contribution in [-0.2, 0) is 32.9 Å². The first-order valence-electron chi connectivity index (χ1n) is 13.5. The van der Waals surface area contributed by atoms with Gasteiger partial charge >= 0.3 is 5.97 Å². The Balaban J connectivity index is 1.56. The van der Waals surface area contributed by atoms with E-state index in [-0.39, 0.29) is 37.8 Å². The molecule has 2 heterocycles. The third-order valence-electron chi connectivity index (χ3n) is 6.31. The van der Waals surface area contributed by atoms with E-state index in [1.807, 2.05) is 55.5 Å². The van der Waals surface area contributed by atoms with Crippen LogP contribution in [0.2, 0.25) is 0 Å².